The molecule has 104 valence electrons. The summed E-state index contributed by atoms with van der Waals surface area (Å²) >= 11 is 0. The fourth-order valence-corrected chi connectivity index (χ4v) is 1.97. The summed E-state index contributed by atoms with van der Waals surface area (Å²) in [5, 5.41) is 0. The first-order chi connectivity index (χ1) is 9.39. The van der Waals surface area contributed by atoms with Crippen LogP contribution in [0.5, 0.6) is 0 Å². The van der Waals surface area contributed by atoms with Crippen LogP contribution in [0.4, 0.5) is 0 Å². The van der Waals surface area contributed by atoms with Crippen molar-refractivity contribution in [3.8, 4) is 11.6 Å². The van der Waals surface area contributed by atoms with Crippen molar-refractivity contribution < 1.29 is 13.7 Å². The van der Waals surface area contributed by atoms with Gasteiger partial charge in [-0.2, -0.15) is 0 Å². The molecule has 20 heavy (non-hydrogen) atoms. The first-order valence-corrected chi connectivity index (χ1v) is 6.60. The van der Waals surface area contributed by atoms with Crippen LogP contribution < -0.4 is 5.46 Å². The predicted octanol–water partition coefficient (Wildman–Crippen LogP) is 2.04. The molecule has 1 saturated heterocycles. The molecule has 1 aliphatic rings. The lowest BCUT2D eigenvalue weighted by molar-refractivity contribution is 0.00578. The van der Waals surface area contributed by atoms with Crippen LogP contribution in [0.25, 0.3) is 11.6 Å². The molecule has 0 aliphatic carbocycles. The minimum Gasteiger partial charge on any atom is -0.461 e. The highest BCUT2D eigenvalue weighted by molar-refractivity contribution is 6.61. The third-order valence-electron chi connectivity index (χ3n) is 3.94. The zero-order valence-corrected chi connectivity index (χ0v) is 12.1. The third kappa shape index (κ3) is 2.15. The normalized spacial score (nSPS) is 20.3. The minimum absolute atomic E-state index is 0.364. The molecule has 1 fully saturated rings. The number of furan rings is 1. The second-order valence-electron chi connectivity index (χ2n) is 5.91. The summed E-state index contributed by atoms with van der Waals surface area (Å²) in [5.74, 6) is 1.20. The Hall–Kier alpha value is -1.66. The molecule has 6 heteroatoms. The zero-order chi connectivity index (χ0) is 14.4. The van der Waals surface area contributed by atoms with Crippen molar-refractivity contribution in [2.75, 3.05) is 0 Å². The van der Waals surface area contributed by atoms with Crippen molar-refractivity contribution in [1.82, 2.24) is 9.97 Å². The van der Waals surface area contributed by atoms with Gasteiger partial charge in [-0.1, -0.05) is 0 Å². The second kappa shape index (κ2) is 4.43. The maximum absolute atomic E-state index is 5.96. The zero-order valence-electron chi connectivity index (χ0n) is 12.1. The highest BCUT2D eigenvalue weighted by atomic mass is 16.7. The maximum atomic E-state index is 5.96. The number of nitrogens with zero attached hydrogens (tertiary/aromatic N) is 2. The Kier molecular flexibility index (Phi) is 2.95. The molecule has 2 aromatic heterocycles. The van der Waals surface area contributed by atoms with Gasteiger partial charge in [0.2, 0.25) is 0 Å². The van der Waals surface area contributed by atoms with E-state index in [0.29, 0.717) is 11.6 Å². The van der Waals surface area contributed by atoms with Crippen molar-refractivity contribution in [2.45, 2.75) is 38.9 Å². The van der Waals surface area contributed by atoms with E-state index >= 15 is 0 Å². The molecule has 5 nitrogen and oxygen atoms in total. The quantitative estimate of drug-likeness (QED) is 0.783. The van der Waals surface area contributed by atoms with Gasteiger partial charge < -0.3 is 13.7 Å². The summed E-state index contributed by atoms with van der Waals surface area (Å²) in [7, 11) is -0.439. The Balaban J connectivity index is 1.83. The van der Waals surface area contributed by atoms with Crippen LogP contribution in [0.1, 0.15) is 27.7 Å². The van der Waals surface area contributed by atoms with Crippen molar-refractivity contribution in [2.24, 2.45) is 0 Å². The lowest BCUT2D eigenvalue weighted by atomic mass is 9.81. The molecule has 0 aromatic carbocycles. The topological polar surface area (TPSA) is 57.4 Å². The fraction of sp³-hybridized carbons (Fsp3) is 0.429. The largest absolute Gasteiger partial charge is 0.498 e. The number of hydrogen-bond acceptors (Lipinski definition) is 5. The summed E-state index contributed by atoms with van der Waals surface area (Å²) in [4.78, 5) is 8.59. The highest BCUT2D eigenvalue weighted by Crippen LogP contribution is 2.36. The highest BCUT2D eigenvalue weighted by Gasteiger charge is 2.51. The molecule has 0 amide bonds. The smallest absolute Gasteiger partial charge is 0.461 e. The first kappa shape index (κ1) is 13.3. The van der Waals surface area contributed by atoms with Gasteiger partial charge in [-0.05, 0) is 39.8 Å². The van der Waals surface area contributed by atoms with E-state index < -0.39 is 7.12 Å². The van der Waals surface area contributed by atoms with E-state index in [9.17, 15) is 0 Å². The van der Waals surface area contributed by atoms with Gasteiger partial charge in [0.25, 0.3) is 0 Å². The molecule has 3 heterocycles. The summed E-state index contributed by atoms with van der Waals surface area (Å²) < 4.78 is 17.2. The van der Waals surface area contributed by atoms with Crippen molar-refractivity contribution in [1.29, 1.82) is 0 Å². The van der Waals surface area contributed by atoms with Gasteiger partial charge in [0, 0.05) is 17.9 Å². The average Bonchev–Trinajstić information content (AvgIpc) is 2.97. The number of hydrogen-bond donors (Lipinski definition) is 0. The van der Waals surface area contributed by atoms with E-state index in [-0.39, 0.29) is 11.2 Å². The fourth-order valence-electron chi connectivity index (χ4n) is 1.97. The van der Waals surface area contributed by atoms with E-state index in [1.807, 2.05) is 33.8 Å². The van der Waals surface area contributed by atoms with Gasteiger partial charge >= 0.3 is 7.12 Å². The second-order valence-corrected chi connectivity index (χ2v) is 5.91. The monoisotopic (exact) mass is 272 g/mol. The maximum Gasteiger partial charge on any atom is 0.498 e. The van der Waals surface area contributed by atoms with Gasteiger partial charge in [-0.3, -0.25) is 0 Å². The lowest BCUT2D eigenvalue weighted by Crippen LogP contribution is -2.41. The molecule has 0 atom stereocenters. The molecule has 0 unspecified atom stereocenters. The summed E-state index contributed by atoms with van der Waals surface area (Å²) in [6.07, 6.45) is 5.03. The Labute approximate surface area is 118 Å². The molecule has 0 bridgehead atoms. The van der Waals surface area contributed by atoms with Crippen LogP contribution in [0, 0.1) is 0 Å². The Morgan fingerprint density at radius 2 is 1.60 bits per heavy atom. The predicted molar refractivity (Wildman–Crippen MR) is 75.5 cm³/mol. The molecule has 0 spiro atoms. The molecule has 3 rings (SSSR count). The van der Waals surface area contributed by atoms with Crippen LogP contribution in [-0.2, 0) is 9.31 Å². The molecule has 0 N–H and O–H groups in total. The van der Waals surface area contributed by atoms with Crippen LogP contribution in [0.3, 0.4) is 0 Å². The van der Waals surface area contributed by atoms with Gasteiger partial charge in [0.1, 0.15) is 0 Å². The Morgan fingerprint density at radius 3 is 2.10 bits per heavy atom. The summed E-state index contributed by atoms with van der Waals surface area (Å²) in [6.45, 7) is 8.08. The SMILES string of the molecule is CC1(C)OB(c2cnc(-c3ccco3)nc2)OC1(C)C. The van der Waals surface area contributed by atoms with E-state index in [0.717, 1.165) is 5.46 Å². The van der Waals surface area contributed by atoms with Gasteiger partial charge in [-0.15, -0.1) is 0 Å². The van der Waals surface area contributed by atoms with Crippen LogP contribution in [-0.4, -0.2) is 28.3 Å². The van der Waals surface area contributed by atoms with E-state index in [2.05, 4.69) is 9.97 Å². The molecular weight excluding hydrogens is 255 g/mol. The van der Waals surface area contributed by atoms with Gasteiger partial charge in [0.05, 0.1) is 17.5 Å². The standard InChI is InChI=1S/C14H17BN2O3/c1-13(2)14(3,4)20-15(19-13)10-8-16-12(17-9-10)11-6-5-7-18-11/h5-9H,1-4H3. The van der Waals surface area contributed by atoms with Gasteiger partial charge in [0.15, 0.2) is 11.6 Å². The minimum atomic E-state index is -0.439. The summed E-state index contributed by atoms with van der Waals surface area (Å²) in [5.41, 5.74) is 0.0771. The van der Waals surface area contributed by atoms with Gasteiger partial charge in [-0.25, -0.2) is 9.97 Å². The molecule has 1 aliphatic heterocycles. The molecule has 0 saturated carbocycles. The molecule has 2 aromatic rings. The van der Waals surface area contributed by atoms with Crippen LogP contribution in [0.2, 0.25) is 0 Å². The van der Waals surface area contributed by atoms with E-state index in [1.54, 1.807) is 24.7 Å². The number of aromatic nitrogens is 2. The van der Waals surface area contributed by atoms with E-state index in [1.165, 1.54) is 0 Å². The van der Waals surface area contributed by atoms with Crippen molar-refractivity contribution in [3.63, 3.8) is 0 Å². The molecule has 0 radical (unpaired) electrons. The average molecular weight is 272 g/mol. The third-order valence-corrected chi connectivity index (χ3v) is 3.94. The first-order valence-electron chi connectivity index (χ1n) is 6.60. The number of rotatable bonds is 2. The molecular formula is C14H17BN2O3. The van der Waals surface area contributed by atoms with E-state index in [4.69, 9.17) is 13.7 Å². The lowest BCUT2D eigenvalue weighted by Gasteiger charge is -2.32. The Bertz CT molecular complexity index is 577. The summed E-state index contributed by atoms with van der Waals surface area (Å²) in [6, 6.07) is 3.63. The van der Waals surface area contributed by atoms with Crippen molar-refractivity contribution in [3.05, 3.63) is 30.8 Å². The van der Waals surface area contributed by atoms with Crippen LogP contribution >= 0.6 is 0 Å². The van der Waals surface area contributed by atoms with Crippen molar-refractivity contribution >= 4 is 12.6 Å². The van der Waals surface area contributed by atoms with Crippen LogP contribution in [0.15, 0.2) is 35.2 Å². The Morgan fingerprint density at radius 1 is 1.00 bits per heavy atom.